The maximum Gasteiger partial charge on any atom is 0.243 e. The van der Waals surface area contributed by atoms with Gasteiger partial charge in [-0.1, -0.05) is 32.9 Å². The summed E-state index contributed by atoms with van der Waals surface area (Å²) in [7, 11) is -1.63. The molecule has 150 valence electrons. The van der Waals surface area contributed by atoms with E-state index in [1.807, 2.05) is 24.1 Å². The lowest BCUT2D eigenvalue weighted by Gasteiger charge is -2.35. The van der Waals surface area contributed by atoms with Crippen molar-refractivity contribution in [1.29, 1.82) is 0 Å². The summed E-state index contributed by atoms with van der Waals surface area (Å²) in [5.41, 5.74) is 1.06. The fourth-order valence-electron chi connectivity index (χ4n) is 3.77. The Hall–Kier alpha value is -1.44. The second-order valence-corrected chi connectivity index (χ2v) is 10.6. The van der Waals surface area contributed by atoms with E-state index >= 15 is 0 Å². The zero-order valence-electron chi connectivity index (χ0n) is 16.8. The molecular weight excluding hydrogens is 362 g/mol. The van der Waals surface area contributed by atoms with E-state index in [-0.39, 0.29) is 16.2 Å². The number of amides is 1. The van der Waals surface area contributed by atoms with Gasteiger partial charge in [0.1, 0.15) is 6.04 Å². The number of piperazine rings is 1. The van der Waals surface area contributed by atoms with Crippen LogP contribution in [0.5, 0.6) is 0 Å². The molecule has 0 spiro atoms. The van der Waals surface area contributed by atoms with Crippen LogP contribution in [-0.2, 0) is 20.2 Å². The summed E-state index contributed by atoms with van der Waals surface area (Å²) in [6.45, 7) is 9.71. The van der Waals surface area contributed by atoms with Crippen molar-refractivity contribution in [1.82, 2.24) is 14.1 Å². The van der Waals surface area contributed by atoms with Gasteiger partial charge in [0.25, 0.3) is 0 Å². The van der Waals surface area contributed by atoms with Crippen molar-refractivity contribution in [2.24, 2.45) is 0 Å². The number of hydrogen-bond donors (Lipinski definition) is 0. The van der Waals surface area contributed by atoms with Crippen molar-refractivity contribution in [3.8, 4) is 0 Å². The van der Waals surface area contributed by atoms with Crippen molar-refractivity contribution in [2.75, 3.05) is 39.8 Å². The summed E-state index contributed by atoms with van der Waals surface area (Å²) in [5, 5.41) is 0. The molecule has 0 unspecified atom stereocenters. The van der Waals surface area contributed by atoms with Crippen LogP contribution in [0.15, 0.2) is 29.2 Å². The van der Waals surface area contributed by atoms with Gasteiger partial charge in [-0.3, -0.25) is 4.79 Å². The van der Waals surface area contributed by atoms with Crippen molar-refractivity contribution in [3.05, 3.63) is 29.8 Å². The third-order valence-corrected chi connectivity index (χ3v) is 7.55. The van der Waals surface area contributed by atoms with E-state index in [2.05, 4.69) is 25.7 Å². The number of likely N-dealkylation sites (N-methyl/N-ethyl adjacent to an activating group) is 1. The van der Waals surface area contributed by atoms with E-state index < -0.39 is 16.1 Å². The first-order valence-electron chi connectivity index (χ1n) is 9.70. The lowest BCUT2D eigenvalue weighted by Crippen LogP contribution is -2.53. The molecule has 3 rings (SSSR count). The largest absolute Gasteiger partial charge is 0.339 e. The van der Waals surface area contributed by atoms with Gasteiger partial charge < -0.3 is 9.80 Å². The molecule has 1 aromatic carbocycles. The predicted molar refractivity (Wildman–Crippen MR) is 106 cm³/mol. The second kappa shape index (κ2) is 7.53. The molecule has 0 aromatic heterocycles. The zero-order valence-corrected chi connectivity index (χ0v) is 17.6. The van der Waals surface area contributed by atoms with Gasteiger partial charge in [-0.15, -0.1) is 0 Å². The Labute approximate surface area is 163 Å². The lowest BCUT2D eigenvalue weighted by atomic mass is 9.87. The Bertz CT molecular complexity index is 776. The fraction of sp³-hybridized carbons (Fsp3) is 0.650. The van der Waals surface area contributed by atoms with Crippen LogP contribution in [0.4, 0.5) is 0 Å². The first kappa shape index (κ1) is 20.3. The van der Waals surface area contributed by atoms with Gasteiger partial charge in [0.2, 0.25) is 15.9 Å². The summed E-state index contributed by atoms with van der Waals surface area (Å²) in [6.07, 6.45) is 1.33. The molecule has 0 bridgehead atoms. The first-order chi connectivity index (χ1) is 12.6. The van der Waals surface area contributed by atoms with Gasteiger partial charge in [0.05, 0.1) is 4.90 Å². The van der Waals surface area contributed by atoms with Crippen LogP contribution < -0.4 is 0 Å². The average Bonchev–Trinajstić information content (AvgIpc) is 3.12. The number of hydrogen-bond acceptors (Lipinski definition) is 4. The van der Waals surface area contributed by atoms with Crippen LogP contribution in [0.2, 0.25) is 0 Å². The molecule has 0 N–H and O–H groups in total. The maximum absolute atomic E-state index is 13.2. The zero-order chi connectivity index (χ0) is 19.8. The molecule has 2 aliphatic rings. The molecule has 27 heavy (non-hydrogen) atoms. The second-order valence-electron chi connectivity index (χ2n) is 8.68. The molecule has 0 radical (unpaired) electrons. The highest BCUT2D eigenvalue weighted by Crippen LogP contribution is 2.29. The molecule has 2 aliphatic heterocycles. The highest BCUT2D eigenvalue weighted by Gasteiger charge is 2.41. The van der Waals surface area contributed by atoms with E-state index in [9.17, 15) is 13.2 Å². The van der Waals surface area contributed by atoms with Gasteiger partial charge in [-0.05, 0) is 43.0 Å². The smallest absolute Gasteiger partial charge is 0.243 e. The van der Waals surface area contributed by atoms with Gasteiger partial charge in [-0.2, -0.15) is 4.31 Å². The standard InChI is InChI=1S/C20H31N3O3S/c1-20(2,3)16-7-9-17(10-8-16)27(25,26)23-11-5-6-18(23)19(24)22-14-12-21(4)13-15-22/h7-10,18H,5-6,11-15H2,1-4H3/t18-/m0/s1. The van der Waals surface area contributed by atoms with Crippen molar-refractivity contribution < 1.29 is 13.2 Å². The number of carbonyl (C=O) groups excluding carboxylic acids is 1. The summed E-state index contributed by atoms with van der Waals surface area (Å²) in [5.74, 6) is -0.0458. The molecule has 2 fully saturated rings. The molecule has 2 saturated heterocycles. The first-order valence-corrected chi connectivity index (χ1v) is 11.1. The van der Waals surface area contributed by atoms with Crippen LogP contribution in [-0.4, -0.2) is 74.2 Å². The number of rotatable bonds is 3. The Morgan fingerprint density at radius 3 is 2.15 bits per heavy atom. The van der Waals surface area contributed by atoms with Crippen LogP contribution in [0.3, 0.4) is 0 Å². The van der Waals surface area contributed by atoms with Crippen LogP contribution in [0.25, 0.3) is 0 Å². The molecular formula is C20H31N3O3S. The summed E-state index contributed by atoms with van der Waals surface area (Å²) < 4.78 is 27.8. The van der Waals surface area contributed by atoms with Crippen molar-refractivity contribution >= 4 is 15.9 Å². The molecule has 2 heterocycles. The van der Waals surface area contributed by atoms with E-state index in [0.717, 1.165) is 25.1 Å². The molecule has 7 heteroatoms. The minimum absolute atomic E-state index is 0.0319. The lowest BCUT2D eigenvalue weighted by molar-refractivity contribution is -0.136. The topological polar surface area (TPSA) is 60.9 Å². The summed E-state index contributed by atoms with van der Waals surface area (Å²) in [4.78, 5) is 17.3. The third-order valence-electron chi connectivity index (χ3n) is 5.63. The highest BCUT2D eigenvalue weighted by molar-refractivity contribution is 7.89. The fourth-order valence-corrected chi connectivity index (χ4v) is 5.43. The third kappa shape index (κ3) is 4.20. The number of sulfonamides is 1. The van der Waals surface area contributed by atoms with Crippen LogP contribution in [0.1, 0.15) is 39.2 Å². The van der Waals surface area contributed by atoms with Gasteiger partial charge in [0, 0.05) is 32.7 Å². The molecule has 1 atom stereocenters. The molecule has 1 amide bonds. The van der Waals surface area contributed by atoms with Gasteiger partial charge >= 0.3 is 0 Å². The van der Waals surface area contributed by atoms with Crippen molar-refractivity contribution in [2.45, 2.75) is 50.0 Å². The Morgan fingerprint density at radius 2 is 1.59 bits per heavy atom. The number of benzene rings is 1. The van der Waals surface area contributed by atoms with Gasteiger partial charge in [-0.25, -0.2) is 8.42 Å². The Kier molecular flexibility index (Phi) is 5.66. The normalized spacial score (nSPS) is 23.0. The molecule has 0 saturated carbocycles. The van der Waals surface area contributed by atoms with E-state index in [1.54, 1.807) is 12.1 Å². The number of nitrogens with zero attached hydrogens (tertiary/aromatic N) is 3. The minimum Gasteiger partial charge on any atom is -0.339 e. The van der Waals surface area contributed by atoms with Crippen molar-refractivity contribution in [3.63, 3.8) is 0 Å². The van der Waals surface area contributed by atoms with E-state index in [1.165, 1.54) is 4.31 Å². The minimum atomic E-state index is -3.67. The van der Waals surface area contributed by atoms with E-state index in [0.29, 0.717) is 26.1 Å². The Balaban J connectivity index is 1.80. The quantitative estimate of drug-likeness (QED) is 0.787. The number of carbonyl (C=O) groups is 1. The maximum atomic E-state index is 13.2. The Morgan fingerprint density at radius 1 is 1.00 bits per heavy atom. The molecule has 6 nitrogen and oxygen atoms in total. The summed E-state index contributed by atoms with van der Waals surface area (Å²) >= 11 is 0. The molecule has 0 aliphatic carbocycles. The average molecular weight is 394 g/mol. The highest BCUT2D eigenvalue weighted by atomic mass is 32.2. The van der Waals surface area contributed by atoms with E-state index in [4.69, 9.17) is 0 Å². The SMILES string of the molecule is CN1CCN(C(=O)[C@@H]2CCCN2S(=O)(=O)c2ccc(C(C)(C)C)cc2)CC1. The predicted octanol–water partition coefficient (Wildman–Crippen LogP) is 1.91. The summed E-state index contributed by atoms with van der Waals surface area (Å²) in [6, 6.07) is 6.53. The molecule has 1 aromatic rings. The van der Waals surface area contributed by atoms with Crippen LogP contribution >= 0.6 is 0 Å². The van der Waals surface area contributed by atoms with Gasteiger partial charge in [0.15, 0.2) is 0 Å². The van der Waals surface area contributed by atoms with Crippen LogP contribution in [0, 0.1) is 0 Å². The monoisotopic (exact) mass is 393 g/mol.